The lowest BCUT2D eigenvalue weighted by atomic mass is 9.88. The summed E-state index contributed by atoms with van der Waals surface area (Å²) < 4.78 is 0. The van der Waals surface area contributed by atoms with Crippen LogP contribution in [0.5, 0.6) is 0 Å². The highest BCUT2D eigenvalue weighted by Gasteiger charge is 2.41. The third kappa shape index (κ3) is 2.49. The molecule has 0 aromatic heterocycles. The van der Waals surface area contributed by atoms with Crippen molar-refractivity contribution in [1.82, 2.24) is 4.90 Å². The zero-order valence-electron chi connectivity index (χ0n) is 11.2. The fourth-order valence-electron chi connectivity index (χ4n) is 3.66. The minimum absolute atomic E-state index is 0.191. The third-order valence-electron chi connectivity index (χ3n) is 4.51. The maximum atomic E-state index is 12.6. The van der Waals surface area contributed by atoms with Crippen LogP contribution in [0.4, 0.5) is 0 Å². The molecule has 17 heavy (non-hydrogen) atoms. The zero-order valence-corrected chi connectivity index (χ0v) is 11.2. The molecule has 3 heteroatoms. The van der Waals surface area contributed by atoms with E-state index < -0.39 is 5.54 Å². The van der Waals surface area contributed by atoms with Crippen molar-refractivity contribution in [2.24, 2.45) is 11.7 Å². The molecule has 2 N–H and O–H groups in total. The molecule has 1 heterocycles. The highest BCUT2D eigenvalue weighted by Crippen LogP contribution is 2.37. The number of piperidine rings is 1. The van der Waals surface area contributed by atoms with E-state index in [1.165, 1.54) is 25.7 Å². The number of nitrogens with zero attached hydrogens (tertiary/aromatic N) is 1. The molecule has 1 saturated heterocycles. The Labute approximate surface area is 105 Å². The lowest BCUT2D eigenvalue weighted by Gasteiger charge is -2.41. The molecule has 2 aliphatic rings. The minimum atomic E-state index is -0.654. The van der Waals surface area contributed by atoms with Crippen LogP contribution >= 0.6 is 0 Å². The van der Waals surface area contributed by atoms with E-state index in [0.717, 1.165) is 31.7 Å². The summed E-state index contributed by atoms with van der Waals surface area (Å²) in [5.41, 5.74) is 5.54. The number of nitrogens with two attached hydrogens (primary N) is 1. The molecular weight excluding hydrogens is 212 g/mol. The second-order valence-electron chi connectivity index (χ2n) is 6.07. The largest absolute Gasteiger partial charge is 0.338 e. The van der Waals surface area contributed by atoms with Crippen LogP contribution in [0.2, 0.25) is 0 Å². The molecule has 0 spiro atoms. The normalized spacial score (nSPS) is 32.1. The van der Waals surface area contributed by atoms with Crippen LogP contribution in [0.1, 0.15) is 58.8 Å². The summed E-state index contributed by atoms with van der Waals surface area (Å²) in [5.74, 6) is 0.945. The van der Waals surface area contributed by atoms with E-state index in [9.17, 15) is 4.79 Å². The number of amides is 1. The molecule has 3 unspecified atom stereocenters. The minimum Gasteiger partial charge on any atom is -0.338 e. The summed E-state index contributed by atoms with van der Waals surface area (Å²) >= 11 is 0. The molecule has 0 aromatic rings. The first-order valence-corrected chi connectivity index (χ1v) is 7.16. The van der Waals surface area contributed by atoms with Crippen molar-refractivity contribution in [2.45, 2.75) is 70.4 Å². The van der Waals surface area contributed by atoms with Crippen LogP contribution < -0.4 is 5.73 Å². The SMILES string of the molecule is CCCC(C)(N)C(=O)N1CCCC2CCCC21. The van der Waals surface area contributed by atoms with Crippen molar-refractivity contribution >= 4 is 5.91 Å². The second kappa shape index (κ2) is 4.97. The Morgan fingerprint density at radius 1 is 1.35 bits per heavy atom. The lowest BCUT2D eigenvalue weighted by Crippen LogP contribution is -2.58. The predicted molar refractivity (Wildman–Crippen MR) is 69.6 cm³/mol. The summed E-state index contributed by atoms with van der Waals surface area (Å²) in [4.78, 5) is 14.7. The molecule has 98 valence electrons. The number of rotatable bonds is 3. The Bertz CT molecular complexity index is 288. The van der Waals surface area contributed by atoms with Gasteiger partial charge in [-0.05, 0) is 44.9 Å². The van der Waals surface area contributed by atoms with Crippen LogP contribution in [0, 0.1) is 5.92 Å². The first kappa shape index (κ1) is 12.9. The van der Waals surface area contributed by atoms with E-state index in [-0.39, 0.29) is 5.91 Å². The molecule has 0 aromatic carbocycles. The number of hydrogen-bond donors (Lipinski definition) is 1. The van der Waals surface area contributed by atoms with E-state index in [1.54, 1.807) is 0 Å². The fraction of sp³-hybridized carbons (Fsp3) is 0.929. The van der Waals surface area contributed by atoms with Gasteiger partial charge in [-0.15, -0.1) is 0 Å². The quantitative estimate of drug-likeness (QED) is 0.820. The van der Waals surface area contributed by atoms with Crippen LogP contribution in [-0.4, -0.2) is 28.9 Å². The average Bonchev–Trinajstić information content (AvgIpc) is 2.75. The standard InChI is InChI=1S/C14H26N2O/c1-3-9-14(2,15)13(17)16-10-5-7-11-6-4-8-12(11)16/h11-12H,3-10,15H2,1-2H3. The van der Waals surface area contributed by atoms with Gasteiger partial charge in [0.1, 0.15) is 0 Å². The Kier molecular flexibility index (Phi) is 3.76. The zero-order chi connectivity index (χ0) is 12.5. The molecule has 2 fully saturated rings. The van der Waals surface area contributed by atoms with Crippen LogP contribution in [0.15, 0.2) is 0 Å². The van der Waals surface area contributed by atoms with Crippen molar-refractivity contribution < 1.29 is 4.79 Å². The number of carbonyl (C=O) groups excluding carboxylic acids is 1. The fourth-order valence-corrected chi connectivity index (χ4v) is 3.66. The summed E-state index contributed by atoms with van der Waals surface area (Å²) in [6.45, 7) is 4.92. The molecule has 3 nitrogen and oxygen atoms in total. The van der Waals surface area contributed by atoms with E-state index in [2.05, 4.69) is 11.8 Å². The van der Waals surface area contributed by atoms with Crippen molar-refractivity contribution in [3.8, 4) is 0 Å². The van der Waals surface area contributed by atoms with Gasteiger partial charge in [-0.25, -0.2) is 0 Å². The second-order valence-corrected chi connectivity index (χ2v) is 6.07. The van der Waals surface area contributed by atoms with Gasteiger partial charge in [-0.1, -0.05) is 19.8 Å². The van der Waals surface area contributed by atoms with Crippen molar-refractivity contribution in [3.05, 3.63) is 0 Å². The van der Waals surface area contributed by atoms with Crippen molar-refractivity contribution in [3.63, 3.8) is 0 Å². The Morgan fingerprint density at radius 3 is 2.76 bits per heavy atom. The number of fused-ring (bicyclic) bond motifs is 1. The van der Waals surface area contributed by atoms with Crippen molar-refractivity contribution in [2.75, 3.05) is 6.54 Å². The maximum Gasteiger partial charge on any atom is 0.242 e. The smallest absolute Gasteiger partial charge is 0.242 e. The molecule has 1 aliphatic heterocycles. The Balaban J connectivity index is 2.07. The monoisotopic (exact) mass is 238 g/mol. The first-order valence-electron chi connectivity index (χ1n) is 7.16. The highest BCUT2D eigenvalue weighted by molar-refractivity contribution is 5.86. The van der Waals surface area contributed by atoms with Gasteiger partial charge in [-0.3, -0.25) is 4.79 Å². The summed E-state index contributed by atoms with van der Waals surface area (Å²) in [6, 6.07) is 0.496. The van der Waals surface area contributed by atoms with Gasteiger partial charge in [0.25, 0.3) is 0 Å². The van der Waals surface area contributed by atoms with Gasteiger partial charge < -0.3 is 10.6 Å². The predicted octanol–water partition coefficient (Wildman–Crippen LogP) is 2.29. The van der Waals surface area contributed by atoms with E-state index >= 15 is 0 Å². The number of carbonyl (C=O) groups is 1. The molecule has 2 rings (SSSR count). The topological polar surface area (TPSA) is 46.3 Å². The van der Waals surface area contributed by atoms with Gasteiger partial charge in [-0.2, -0.15) is 0 Å². The summed E-state index contributed by atoms with van der Waals surface area (Å²) in [6.07, 6.45) is 8.02. The van der Waals surface area contributed by atoms with E-state index in [4.69, 9.17) is 5.73 Å². The van der Waals surface area contributed by atoms with E-state index in [1.807, 2.05) is 6.92 Å². The number of likely N-dealkylation sites (tertiary alicyclic amines) is 1. The van der Waals surface area contributed by atoms with Gasteiger partial charge in [0.2, 0.25) is 5.91 Å². The maximum absolute atomic E-state index is 12.6. The molecule has 1 saturated carbocycles. The molecule has 1 amide bonds. The average molecular weight is 238 g/mol. The highest BCUT2D eigenvalue weighted by atomic mass is 16.2. The van der Waals surface area contributed by atoms with Crippen LogP contribution in [0.3, 0.4) is 0 Å². The van der Waals surface area contributed by atoms with Crippen LogP contribution in [0.25, 0.3) is 0 Å². The third-order valence-corrected chi connectivity index (χ3v) is 4.51. The van der Waals surface area contributed by atoms with Gasteiger partial charge in [0.15, 0.2) is 0 Å². The molecule has 0 radical (unpaired) electrons. The molecule has 1 aliphatic carbocycles. The molecule has 0 bridgehead atoms. The van der Waals surface area contributed by atoms with Gasteiger partial charge in [0.05, 0.1) is 5.54 Å². The number of hydrogen-bond acceptors (Lipinski definition) is 2. The van der Waals surface area contributed by atoms with Gasteiger partial charge in [0, 0.05) is 12.6 Å². The lowest BCUT2D eigenvalue weighted by molar-refractivity contribution is -0.141. The Morgan fingerprint density at radius 2 is 2.06 bits per heavy atom. The van der Waals surface area contributed by atoms with Crippen LogP contribution in [-0.2, 0) is 4.79 Å². The van der Waals surface area contributed by atoms with Crippen molar-refractivity contribution in [1.29, 1.82) is 0 Å². The van der Waals surface area contributed by atoms with E-state index in [0.29, 0.717) is 6.04 Å². The summed E-state index contributed by atoms with van der Waals surface area (Å²) in [5, 5.41) is 0. The Hall–Kier alpha value is -0.570. The molecule has 3 atom stereocenters. The first-order chi connectivity index (χ1) is 8.06. The summed E-state index contributed by atoms with van der Waals surface area (Å²) in [7, 11) is 0. The van der Waals surface area contributed by atoms with Gasteiger partial charge >= 0.3 is 0 Å². The molecular formula is C14H26N2O.